The fraction of sp³-hybridized carbons (Fsp3) is 0.833. The molecule has 0 aromatic rings. The minimum absolute atomic E-state index is 0.111. The normalized spacial score (nSPS) is 16.8. The van der Waals surface area contributed by atoms with Crippen molar-refractivity contribution in [2.75, 3.05) is 0 Å². The van der Waals surface area contributed by atoms with Gasteiger partial charge in [-0.05, 0) is 5.92 Å². The van der Waals surface area contributed by atoms with Crippen molar-refractivity contribution in [2.24, 2.45) is 5.92 Å². The van der Waals surface area contributed by atoms with Gasteiger partial charge in [-0.1, -0.05) is 20.3 Å². The van der Waals surface area contributed by atoms with E-state index in [0.717, 1.165) is 6.42 Å². The van der Waals surface area contributed by atoms with Crippen molar-refractivity contribution in [3.63, 3.8) is 0 Å². The van der Waals surface area contributed by atoms with E-state index < -0.39 is 6.10 Å². The molecule has 0 aromatic heterocycles. The molecule has 0 saturated carbocycles. The van der Waals surface area contributed by atoms with Gasteiger partial charge in [0.05, 0.1) is 6.07 Å². The number of aliphatic hydroxyl groups is 1. The molecule has 0 unspecified atom stereocenters. The molecule has 0 heterocycles. The highest BCUT2D eigenvalue weighted by atomic mass is 16.3. The predicted molar refractivity (Wildman–Crippen MR) is 31.1 cm³/mol. The maximum Gasteiger partial charge on any atom is 0.143 e. The van der Waals surface area contributed by atoms with E-state index in [9.17, 15) is 0 Å². The summed E-state index contributed by atoms with van der Waals surface area (Å²) in [6, 6.07) is 1.77. The van der Waals surface area contributed by atoms with Crippen molar-refractivity contribution in [3.05, 3.63) is 0 Å². The van der Waals surface area contributed by atoms with Crippen LogP contribution in [-0.2, 0) is 0 Å². The molecule has 0 aromatic carbocycles. The number of hydrogen-bond acceptors (Lipinski definition) is 2. The van der Waals surface area contributed by atoms with E-state index in [1.807, 2.05) is 13.8 Å². The Bertz CT molecular complexity index is 95.2. The van der Waals surface area contributed by atoms with Crippen molar-refractivity contribution in [3.8, 4) is 6.07 Å². The number of nitriles is 1. The van der Waals surface area contributed by atoms with Gasteiger partial charge in [0.2, 0.25) is 0 Å². The van der Waals surface area contributed by atoms with Crippen LogP contribution in [0.2, 0.25) is 0 Å². The molecular formula is C6H11NO. The lowest BCUT2D eigenvalue weighted by Gasteiger charge is -2.06. The van der Waals surface area contributed by atoms with Crippen LogP contribution in [0.5, 0.6) is 0 Å². The van der Waals surface area contributed by atoms with Gasteiger partial charge in [0.15, 0.2) is 0 Å². The Balaban J connectivity index is 3.49. The minimum atomic E-state index is -0.778. The van der Waals surface area contributed by atoms with E-state index in [4.69, 9.17) is 10.4 Å². The van der Waals surface area contributed by atoms with Crippen LogP contribution in [0.25, 0.3) is 0 Å². The summed E-state index contributed by atoms with van der Waals surface area (Å²) in [5, 5.41) is 16.9. The molecule has 0 aliphatic heterocycles. The molecule has 0 spiro atoms. The molecule has 46 valence electrons. The van der Waals surface area contributed by atoms with Gasteiger partial charge >= 0.3 is 0 Å². The Labute approximate surface area is 49.8 Å². The summed E-state index contributed by atoms with van der Waals surface area (Å²) in [6.07, 6.45) is 0.0781. The maximum absolute atomic E-state index is 8.77. The molecule has 2 nitrogen and oxygen atoms in total. The summed E-state index contributed by atoms with van der Waals surface area (Å²) in [7, 11) is 0. The average Bonchev–Trinajstić information content (AvgIpc) is 1.84. The molecular weight excluding hydrogens is 102 g/mol. The quantitative estimate of drug-likeness (QED) is 0.541. The zero-order valence-corrected chi connectivity index (χ0v) is 5.26. The fourth-order valence-corrected chi connectivity index (χ4v) is 0.351. The summed E-state index contributed by atoms with van der Waals surface area (Å²) < 4.78 is 0. The van der Waals surface area contributed by atoms with E-state index in [0.29, 0.717) is 0 Å². The molecule has 0 rings (SSSR count). The molecule has 2 atom stereocenters. The lowest BCUT2D eigenvalue weighted by molar-refractivity contribution is 0.167. The second-order valence-corrected chi connectivity index (χ2v) is 1.96. The van der Waals surface area contributed by atoms with Crippen LogP contribution < -0.4 is 0 Å². The topological polar surface area (TPSA) is 44.0 Å². The predicted octanol–water partition coefficient (Wildman–Crippen LogP) is 0.917. The van der Waals surface area contributed by atoms with Crippen LogP contribution in [0.1, 0.15) is 20.3 Å². The summed E-state index contributed by atoms with van der Waals surface area (Å²) >= 11 is 0. The maximum atomic E-state index is 8.77. The van der Waals surface area contributed by atoms with Crippen LogP contribution in [-0.4, -0.2) is 11.2 Å². The Morgan fingerprint density at radius 3 is 2.38 bits per heavy atom. The molecule has 0 aliphatic rings. The van der Waals surface area contributed by atoms with Crippen LogP contribution in [0.15, 0.2) is 0 Å². The molecule has 0 bridgehead atoms. The molecule has 1 N–H and O–H groups in total. The van der Waals surface area contributed by atoms with E-state index >= 15 is 0 Å². The molecule has 8 heavy (non-hydrogen) atoms. The lowest BCUT2D eigenvalue weighted by atomic mass is 10.0. The van der Waals surface area contributed by atoms with Gasteiger partial charge in [0, 0.05) is 0 Å². The summed E-state index contributed by atoms with van der Waals surface area (Å²) in [5.74, 6) is 0.111. The van der Waals surface area contributed by atoms with E-state index in [1.165, 1.54) is 0 Å². The Hall–Kier alpha value is -0.550. The number of nitrogens with zero attached hydrogens (tertiary/aromatic N) is 1. The van der Waals surface area contributed by atoms with Gasteiger partial charge in [0.25, 0.3) is 0 Å². The standard InChI is InChI=1S/C6H11NO/c1-3-5(2)6(8)4-7/h5-6,8H,3H2,1-2H3/t5-,6-/m0/s1. The smallest absolute Gasteiger partial charge is 0.143 e. The fourth-order valence-electron chi connectivity index (χ4n) is 0.351. The van der Waals surface area contributed by atoms with Crippen LogP contribution in [0, 0.1) is 17.2 Å². The van der Waals surface area contributed by atoms with Gasteiger partial charge in [-0.2, -0.15) is 5.26 Å². The molecule has 0 fully saturated rings. The highest BCUT2D eigenvalue weighted by molar-refractivity contribution is 4.85. The molecule has 0 amide bonds. The van der Waals surface area contributed by atoms with E-state index in [-0.39, 0.29) is 5.92 Å². The average molecular weight is 113 g/mol. The first-order chi connectivity index (χ1) is 3.72. The van der Waals surface area contributed by atoms with Gasteiger partial charge in [0.1, 0.15) is 6.10 Å². The van der Waals surface area contributed by atoms with Crippen LogP contribution in [0.3, 0.4) is 0 Å². The van der Waals surface area contributed by atoms with Gasteiger partial charge in [-0.15, -0.1) is 0 Å². The number of aliphatic hydroxyl groups excluding tert-OH is 1. The Morgan fingerprint density at radius 2 is 2.25 bits per heavy atom. The van der Waals surface area contributed by atoms with Crippen molar-refractivity contribution < 1.29 is 5.11 Å². The molecule has 0 radical (unpaired) electrons. The first-order valence-corrected chi connectivity index (χ1v) is 2.80. The van der Waals surface area contributed by atoms with Crippen LogP contribution >= 0.6 is 0 Å². The first kappa shape index (κ1) is 7.45. The molecule has 2 heteroatoms. The van der Waals surface area contributed by atoms with Gasteiger partial charge < -0.3 is 5.11 Å². The third-order valence-corrected chi connectivity index (χ3v) is 1.32. The van der Waals surface area contributed by atoms with E-state index in [2.05, 4.69) is 0 Å². The second-order valence-electron chi connectivity index (χ2n) is 1.96. The van der Waals surface area contributed by atoms with Gasteiger partial charge in [-0.3, -0.25) is 0 Å². The number of rotatable bonds is 2. The SMILES string of the molecule is CC[C@H](C)[C@@H](O)C#N. The summed E-state index contributed by atoms with van der Waals surface area (Å²) in [6.45, 7) is 3.80. The highest BCUT2D eigenvalue weighted by Gasteiger charge is 2.08. The zero-order chi connectivity index (χ0) is 6.57. The molecule has 0 saturated heterocycles. The number of hydrogen-bond donors (Lipinski definition) is 1. The lowest BCUT2D eigenvalue weighted by Crippen LogP contribution is -2.13. The van der Waals surface area contributed by atoms with Crippen molar-refractivity contribution in [1.29, 1.82) is 5.26 Å². The monoisotopic (exact) mass is 113 g/mol. The summed E-state index contributed by atoms with van der Waals surface area (Å²) in [5.41, 5.74) is 0. The van der Waals surface area contributed by atoms with E-state index in [1.54, 1.807) is 6.07 Å². The third-order valence-electron chi connectivity index (χ3n) is 1.32. The van der Waals surface area contributed by atoms with Crippen molar-refractivity contribution in [1.82, 2.24) is 0 Å². The van der Waals surface area contributed by atoms with Gasteiger partial charge in [-0.25, -0.2) is 0 Å². The highest BCUT2D eigenvalue weighted by Crippen LogP contribution is 2.04. The third kappa shape index (κ3) is 1.94. The zero-order valence-electron chi connectivity index (χ0n) is 5.26. The largest absolute Gasteiger partial charge is 0.378 e. The summed E-state index contributed by atoms with van der Waals surface area (Å²) in [4.78, 5) is 0. The molecule has 0 aliphatic carbocycles. The minimum Gasteiger partial charge on any atom is -0.378 e. The van der Waals surface area contributed by atoms with Crippen molar-refractivity contribution >= 4 is 0 Å². The second kappa shape index (κ2) is 3.45. The van der Waals surface area contributed by atoms with Crippen LogP contribution in [0.4, 0.5) is 0 Å². The Morgan fingerprint density at radius 1 is 1.75 bits per heavy atom. The Kier molecular flexibility index (Phi) is 3.21. The first-order valence-electron chi connectivity index (χ1n) is 2.80. The van der Waals surface area contributed by atoms with Crippen molar-refractivity contribution in [2.45, 2.75) is 26.4 Å².